The minimum absolute atomic E-state index is 0.0323. The highest BCUT2D eigenvalue weighted by atomic mass is 32.2. The Morgan fingerprint density at radius 2 is 2.22 bits per heavy atom. The van der Waals surface area contributed by atoms with Gasteiger partial charge in [0.2, 0.25) is 5.76 Å². The maximum atomic E-state index is 13.2. The van der Waals surface area contributed by atoms with E-state index < -0.39 is 11.0 Å². The number of nitrogens with zero attached hydrogens (tertiary/aromatic N) is 2. The van der Waals surface area contributed by atoms with Gasteiger partial charge in [-0.25, -0.2) is 0 Å². The molecule has 0 saturated heterocycles. The van der Waals surface area contributed by atoms with Crippen LogP contribution in [0.3, 0.4) is 0 Å². The van der Waals surface area contributed by atoms with E-state index in [1.165, 1.54) is 11.8 Å². The van der Waals surface area contributed by atoms with Crippen molar-refractivity contribution in [1.29, 1.82) is 5.26 Å². The summed E-state index contributed by atoms with van der Waals surface area (Å²) in [7, 11) is 0. The summed E-state index contributed by atoms with van der Waals surface area (Å²) in [6.07, 6.45) is 4.34. The Kier molecular flexibility index (Phi) is 7.43. The Hall–Kier alpha value is -2.21. The predicted molar refractivity (Wildman–Crippen MR) is 119 cm³/mol. The van der Waals surface area contributed by atoms with Crippen molar-refractivity contribution in [2.24, 2.45) is 17.3 Å². The molecule has 0 radical (unpaired) electrons. The fourth-order valence-electron chi connectivity index (χ4n) is 4.90. The molecular weight excluding hydrogens is 430 g/mol. The Balaban J connectivity index is 1.77. The van der Waals surface area contributed by atoms with Crippen molar-refractivity contribution in [3.8, 4) is 11.9 Å². The number of nitrogens with one attached hydrogen (secondary N) is 1. The number of carbonyl (C=O) groups excluding carboxylic acids is 2. The van der Waals surface area contributed by atoms with Crippen LogP contribution in [0.15, 0.2) is 9.42 Å². The first-order valence-electron chi connectivity index (χ1n) is 11.2. The van der Waals surface area contributed by atoms with Gasteiger partial charge in [-0.2, -0.15) is 5.26 Å². The van der Waals surface area contributed by atoms with Crippen molar-refractivity contribution in [3.63, 3.8) is 0 Å². The Labute approximate surface area is 193 Å². The molecule has 32 heavy (non-hydrogen) atoms. The van der Waals surface area contributed by atoms with Crippen LogP contribution in [0.1, 0.15) is 77.3 Å². The van der Waals surface area contributed by atoms with Gasteiger partial charge in [0.05, 0.1) is 11.5 Å². The molecule has 1 aromatic heterocycles. The van der Waals surface area contributed by atoms with E-state index in [1.54, 1.807) is 13.8 Å². The minimum atomic E-state index is -0.685. The summed E-state index contributed by atoms with van der Waals surface area (Å²) >= 11 is 1.45. The van der Waals surface area contributed by atoms with E-state index in [4.69, 9.17) is 14.0 Å². The largest absolute Gasteiger partial charge is 0.473 e. The summed E-state index contributed by atoms with van der Waals surface area (Å²) in [6.45, 7) is 10.4. The standard InChI is InChI=1S/C23H33N3O5S/c1-14(2)32-19-18(31-26-21(19)29-12-22(4,5)11-24)20(28)25-17-15(3)9-23(30-13-27)8-6-7-16(17)10-23/h13-17H,6-10,12H2,1-5H3,(H,25,28)/t15?,16?,17-,23-/m0/s1. The highest BCUT2D eigenvalue weighted by Crippen LogP contribution is 2.47. The highest BCUT2D eigenvalue weighted by Gasteiger charge is 2.49. The molecule has 176 valence electrons. The number of fused-ring (bicyclic) bond motifs is 2. The molecular formula is C23H33N3O5S. The predicted octanol–water partition coefficient (Wildman–Crippen LogP) is 4.34. The lowest BCUT2D eigenvalue weighted by molar-refractivity contribution is -0.158. The van der Waals surface area contributed by atoms with Crippen molar-refractivity contribution in [3.05, 3.63) is 5.76 Å². The molecule has 2 aliphatic rings. The lowest BCUT2D eigenvalue weighted by atomic mass is 9.63. The van der Waals surface area contributed by atoms with E-state index in [0.29, 0.717) is 11.4 Å². The molecule has 2 aliphatic carbocycles. The number of ether oxygens (including phenoxy) is 2. The highest BCUT2D eigenvalue weighted by molar-refractivity contribution is 8.00. The number of thioether (sulfide) groups is 1. The molecule has 0 spiro atoms. The van der Waals surface area contributed by atoms with Crippen LogP contribution < -0.4 is 10.1 Å². The van der Waals surface area contributed by atoms with Crippen molar-refractivity contribution >= 4 is 24.1 Å². The van der Waals surface area contributed by atoms with E-state index in [1.807, 2.05) is 13.8 Å². The van der Waals surface area contributed by atoms with Gasteiger partial charge < -0.3 is 19.3 Å². The van der Waals surface area contributed by atoms with Crippen molar-refractivity contribution in [2.75, 3.05) is 6.61 Å². The normalized spacial score (nSPS) is 27.5. The first-order chi connectivity index (χ1) is 15.1. The molecule has 1 amide bonds. The second-order valence-corrected chi connectivity index (χ2v) is 11.6. The van der Waals surface area contributed by atoms with Gasteiger partial charge in [-0.05, 0) is 62.9 Å². The molecule has 8 nitrogen and oxygen atoms in total. The molecule has 1 aromatic rings. The third-order valence-electron chi connectivity index (χ3n) is 6.30. The van der Waals surface area contributed by atoms with Gasteiger partial charge in [-0.3, -0.25) is 9.59 Å². The van der Waals surface area contributed by atoms with Gasteiger partial charge in [0, 0.05) is 11.3 Å². The lowest BCUT2D eigenvalue weighted by Gasteiger charge is -2.50. The molecule has 2 saturated carbocycles. The molecule has 4 atom stereocenters. The quantitative estimate of drug-likeness (QED) is 0.425. The first-order valence-corrected chi connectivity index (χ1v) is 12.1. The van der Waals surface area contributed by atoms with Crippen LogP contribution in [-0.2, 0) is 9.53 Å². The molecule has 1 N–H and O–H groups in total. The Morgan fingerprint density at radius 3 is 2.88 bits per heavy atom. The van der Waals surface area contributed by atoms with Gasteiger partial charge >= 0.3 is 0 Å². The van der Waals surface area contributed by atoms with Crippen LogP contribution in [0.5, 0.6) is 5.88 Å². The van der Waals surface area contributed by atoms with Crippen molar-refractivity contribution in [2.45, 2.75) is 88.5 Å². The van der Waals surface area contributed by atoms with Crippen molar-refractivity contribution in [1.82, 2.24) is 10.5 Å². The van der Waals surface area contributed by atoms with Crippen LogP contribution in [0, 0.1) is 28.6 Å². The van der Waals surface area contributed by atoms with E-state index in [0.717, 1.165) is 32.1 Å². The second-order valence-electron chi connectivity index (χ2n) is 10.0. The number of nitriles is 1. The summed E-state index contributed by atoms with van der Waals surface area (Å²) in [5.74, 6) is 0.463. The van der Waals surface area contributed by atoms with E-state index in [2.05, 4.69) is 23.5 Å². The fraction of sp³-hybridized carbons (Fsp3) is 0.739. The molecule has 2 bridgehead atoms. The molecule has 0 aromatic carbocycles. The second kappa shape index (κ2) is 9.74. The van der Waals surface area contributed by atoms with E-state index >= 15 is 0 Å². The summed E-state index contributed by atoms with van der Waals surface area (Å²) < 4.78 is 16.7. The molecule has 2 fully saturated rings. The summed E-state index contributed by atoms with van der Waals surface area (Å²) in [4.78, 5) is 24.8. The number of rotatable bonds is 9. The third-order valence-corrected chi connectivity index (χ3v) is 7.37. The third kappa shape index (κ3) is 5.40. The topological polar surface area (TPSA) is 114 Å². The molecule has 3 rings (SSSR count). The zero-order valence-corrected chi connectivity index (χ0v) is 20.3. The van der Waals surface area contributed by atoms with Crippen LogP contribution in [0.2, 0.25) is 0 Å². The van der Waals surface area contributed by atoms with Gasteiger partial charge in [0.15, 0.2) is 0 Å². The minimum Gasteiger partial charge on any atom is -0.473 e. The average Bonchev–Trinajstić information content (AvgIpc) is 3.11. The number of carbonyl (C=O) groups is 2. The summed E-state index contributed by atoms with van der Waals surface area (Å²) in [5.41, 5.74) is -1.08. The first kappa shape index (κ1) is 24.4. The molecule has 1 heterocycles. The van der Waals surface area contributed by atoms with Crippen LogP contribution in [-0.4, -0.2) is 41.0 Å². The van der Waals surface area contributed by atoms with Gasteiger partial charge in [0.1, 0.15) is 17.1 Å². The maximum Gasteiger partial charge on any atom is 0.293 e. The van der Waals surface area contributed by atoms with Crippen LogP contribution in [0.25, 0.3) is 0 Å². The lowest BCUT2D eigenvalue weighted by Crippen LogP contribution is -2.56. The monoisotopic (exact) mass is 463 g/mol. The summed E-state index contributed by atoms with van der Waals surface area (Å²) in [5, 5.41) is 16.6. The zero-order chi connectivity index (χ0) is 23.5. The Morgan fingerprint density at radius 1 is 1.47 bits per heavy atom. The van der Waals surface area contributed by atoms with Gasteiger partial charge in [-0.15, -0.1) is 11.8 Å². The Bertz CT molecular complexity index is 873. The molecule has 2 unspecified atom stereocenters. The number of amides is 1. The molecule has 9 heteroatoms. The van der Waals surface area contributed by atoms with Crippen LogP contribution >= 0.6 is 11.8 Å². The maximum absolute atomic E-state index is 13.2. The van der Waals surface area contributed by atoms with Gasteiger partial charge in [0.25, 0.3) is 18.3 Å². The van der Waals surface area contributed by atoms with Crippen LogP contribution in [0.4, 0.5) is 0 Å². The number of hydrogen-bond donors (Lipinski definition) is 1. The zero-order valence-electron chi connectivity index (χ0n) is 19.5. The SMILES string of the molecule is CC(C)Sc1c(OCC(C)(C)C#N)noc1C(=O)N[C@H]1C(C)C[C@@]2(OC=O)CCCC1C2. The molecule has 0 aliphatic heterocycles. The number of aromatic nitrogens is 1. The van der Waals surface area contributed by atoms with Crippen molar-refractivity contribution < 1.29 is 23.6 Å². The fourth-order valence-corrected chi connectivity index (χ4v) is 5.80. The van der Waals surface area contributed by atoms with Gasteiger partial charge in [-0.1, -0.05) is 20.8 Å². The number of hydrogen-bond acceptors (Lipinski definition) is 8. The summed E-state index contributed by atoms with van der Waals surface area (Å²) in [6, 6.07) is 2.16. The van der Waals surface area contributed by atoms with E-state index in [-0.39, 0.29) is 47.3 Å². The average molecular weight is 464 g/mol. The smallest absolute Gasteiger partial charge is 0.293 e. The van der Waals surface area contributed by atoms with E-state index in [9.17, 15) is 14.9 Å².